The molecule has 2 aliphatic heterocycles. The van der Waals surface area contributed by atoms with Gasteiger partial charge < -0.3 is 15.0 Å². The molecule has 2 fully saturated rings. The van der Waals surface area contributed by atoms with Crippen LogP contribution < -0.4 is 15.1 Å². The van der Waals surface area contributed by atoms with Crippen molar-refractivity contribution in [1.82, 2.24) is 5.32 Å². The smallest absolute Gasteiger partial charge is 0.414 e. The Labute approximate surface area is 171 Å². The van der Waals surface area contributed by atoms with E-state index in [1.165, 1.54) is 11.0 Å². The quantitative estimate of drug-likeness (QED) is 0.738. The summed E-state index contributed by atoms with van der Waals surface area (Å²) in [5, 5.41) is 11.0. The second-order valence-electron chi connectivity index (χ2n) is 7.13. The van der Waals surface area contributed by atoms with Gasteiger partial charge in [-0.05, 0) is 38.0 Å². The molecule has 1 N–H and O–H groups in total. The molecule has 7 nitrogen and oxygen atoms in total. The van der Waals surface area contributed by atoms with Crippen LogP contribution in [-0.2, 0) is 9.53 Å². The van der Waals surface area contributed by atoms with Gasteiger partial charge >= 0.3 is 12.5 Å². The maximum absolute atomic E-state index is 14.8. The maximum atomic E-state index is 14.8. The van der Waals surface area contributed by atoms with E-state index in [1.807, 2.05) is 10.2 Å². The van der Waals surface area contributed by atoms with Gasteiger partial charge in [0.05, 0.1) is 30.5 Å². The number of carbonyl (C=O) groups excluding carboxylic acids is 2. The van der Waals surface area contributed by atoms with Crippen molar-refractivity contribution in [2.24, 2.45) is 0 Å². The number of alkyl halides is 2. The molecule has 0 radical (unpaired) electrons. The molecule has 1 aromatic carbocycles. The average molecular weight is 422 g/mol. The van der Waals surface area contributed by atoms with E-state index in [1.54, 1.807) is 19.1 Å². The first-order chi connectivity index (χ1) is 14.3. The first-order valence-corrected chi connectivity index (χ1v) is 9.47. The van der Waals surface area contributed by atoms with E-state index < -0.39 is 30.3 Å². The number of piperidine rings is 1. The van der Waals surface area contributed by atoms with Gasteiger partial charge in [0, 0.05) is 18.7 Å². The van der Waals surface area contributed by atoms with Crippen molar-refractivity contribution in [2.75, 3.05) is 36.0 Å². The Hall–Kier alpha value is -3.22. The molecular weight excluding hydrogens is 401 g/mol. The van der Waals surface area contributed by atoms with Crippen molar-refractivity contribution in [3.8, 4) is 6.07 Å². The number of carbonyl (C=O) groups is 2. The van der Waals surface area contributed by atoms with Crippen LogP contribution in [0.2, 0.25) is 0 Å². The Morgan fingerprint density at radius 3 is 2.67 bits per heavy atom. The molecule has 0 spiro atoms. The molecule has 3 rings (SSSR count). The fourth-order valence-electron chi connectivity index (χ4n) is 3.52. The van der Waals surface area contributed by atoms with E-state index in [0.29, 0.717) is 37.2 Å². The predicted molar refractivity (Wildman–Crippen MR) is 103 cm³/mol. The number of nitrogens with one attached hydrogen (secondary N) is 1. The van der Waals surface area contributed by atoms with Gasteiger partial charge in [-0.25, -0.2) is 9.18 Å². The number of amides is 2. The summed E-state index contributed by atoms with van der Waals surface area (Å²) in [6.45, 7) is 2.70. The lowest BCUT2D eigenvalue weighted by molar-refractivity contribution is -0.132. The molecule has 0 unspecified atom stereocenters. The fraction of sp³-hybridized carbons (Fsp3) is 0.450. The second kappa shape index (κ2) is 9.07. The van der Waals surface area contributed by atoms with Crippen molar-refractivity contribution >= 4 is 23.4 Å². The number of rotatable bonds is 5. The lowest BCUT2D eigenvalue weighted by Crippen LogP contribution is -2.37. The fourth-order valence-corrected chi connectivity index (χ4v) is 3.52. The van der Waals surface area contributed by atoms with Crippen LogP contribution in [0.25, 0.3) is 0 Å². The maximum Gasteiger partial charge on any atom is 0.414 e. The number of ether oxygens (including phenoxy) is 1. The Kier molecular flexibility index (Phi) is 6.50. The predicted octanol–water partition coefficient (Wildman–Crippen LogP) is 2.97. The van der Waals surface area contributed by atoms with Crippen LogP contribution in [0.15, 0.2) is 29.3 Å². The monoisotopic (exact) mass is 422 g/mol. The van der Waals surface area contributed by atoms with Crippen LogP contribution in [0, 0.1) is 17.1 Å². The van der Waals surface area contributed by atoms with Gasteiger partial charge in [-0.1, -0.05) is 5.57 Å². The Bertz CT molecular complexity index is 903. The van der Waals surface area contributed by atoms with Gasteiger partial charge in [0.15, 0.2) is 0 Å². The number of hydrogen-bond donors (Lipinski definition) is 1. The van der Waals surface area contributed by atoms with E-state index in [9.17, 15) is 22.8 Å². The van der Waals surface area contributed by atoms with E-state index in [0.717, 1.165) is 5.57 Å². The normalized spacial score (nSPS) is 19.0. The van der Waals surface area contributed by atoms with E-state index in [2.05, 4.69) is 6.07 Å². The lowest BCUT2D eigenvalue weighted by Gasteiger charge is -2.31. The highest BCUT2D eigenvalue weighted by molar-refractivity contribution is 5.90. The van der Waals surface area contributed by atoms with E-state index in [-0.39, 0.29) is 18.8 Å². The second-order valence-corrected chi connectivity index (χ2v) is 7.13. The number of hydrogen-bond acceptors (Lipinski definition) is 5. The van der Waals surface area contributed by atoms with Crippen LogP contribution in [0.1, 0.15) is 19.8 Å². The number of nitriles is 1. The molecule has 0 bridgehead atoms. The van der Waals surface area contributed by atoms with Crippen LogP contribution in [0.3, 0.4) is 0 Å². The summed E-state index contributed by atoms with van der Waals surface area (Å²) < 4.78 is 44.3. The van der Waals surface area contributed by atoms with Crippen LogP contribution in [0.4, 0.5) is 29.3 Å². The van der Waals surface area contributed by atoms with Crippen molar-refractivity contribution < 1.29 is 27.5 Å². The zero-order valence-corrected chi connectivity index (χ0v) is 16.3. The number of halogens is 3. The zero-order valence-electron chi connectivity index (χ0n) is 16.3. The molecule has 2 heterocycles. The number of benzene rings is 1. The minimum Gasteiger partial charge on any atom is -0.442 e. The van der Waals surface area contributed by atoms with Crippen molar-refractivity contribution in [3.63, 3.8) is 0 Å². The summed E-state index contributed by atoms with van der Waals surface area (Å²) in [5.41, 5.74) is 2.47. The van der Waals surface area contributed by atoms with Crippen LogP contribution in [-0.4, -0.2) is 50.7 Å². The largest absolute Gasteiger partial charge is 0.442 e. The molecule has 0 aliphatic carbocycles. The Morgan fingerprint density at radius 1 is 1.37 bits per heavy atom. The summed E-state index contributed by atoms with van der Waals surface area (Å²) in [6.07, 6.45) is -3.32. The number of cyclic esters (lactones) is 1. The van der Waals surface area contributed by atoms with Gasteiger partial charge in [0.1, 0.15) is 11.9 Å². The molecule has 30 heavy (non-hydrogen) atoms. The first kappa shape index (κ1) is 21.5. The van der Waals surface area contributed by atoms with Crippen molar-refractivity contribution in [2.45, 2.75) is 32.3 Å². The minimum absolute atomic E-state index is 0.00639. The molecule has 2 amide bonds. The van der Waals surface area contributed by atoms with E-state index >= 15 is 0 Å². The third-order valence-electron chi connectivity index (χ3n) is 5.22. The van der Waals surface area contributed by atoms with Crippen LogP contribution >= 0.6 is 0 Å². The molecule has 160 valence electrons. The standard InChI is InChI=1S/C20H21F3N4O3/c1-12(9-24)13-4-6-26(7-5-13)17-3-2-14(8-16(17)21)27-11-15(30-20(27)29)10-25-19(28)18(22)23/h2-3,8,15,18H,4-7,10-11H2,1H3,(H,25,28)/t15-/m0/s1. The summed E-state index contributed by atoms with van der Waals surface area (Å²) in [4.78, 5) is 26.1. The summed E-state index contributed by atoms with van der Waals surface area (Å²) in [6, 6.07) is 6.54. The lowest BCUT2D eigenvalue weighted by atomic mass is 9.99. The first-order valence-electron chi connectivity index (χ1n) is 9.47. The van der Waals surface area contributed by atoms with Crippen molar-refractivity contribution in [1.29, 1.82) is 5.26 Å². The summed E-state index contributed by atoms with van der Waals surface area (Å²) in [7, 11) is 0. The topological polar surface area (TPSA) is 85.7 Å². The van der Waals surface area contributed by atoms with E-state index in [4.69, 9.17) is 10.00 Å². The molecule has 2 saturated heterocycles. The van der Waals surface area contributed by atoms with Gasteiger partial charge in [-0.2, -0.15) is 14.0 Å². The Balaban J connectivity index is 1.64. The van der Waals surface area contributed by atoms with Crippen molar-refractivity contribution in [3.05, 3.63) is 35.2 Å². The highest BCUT2D eigenvalue weighted by Gasteiger charge is 2.33. The number of allylic oxidation sites excluding steroid dienone is 1. The Morgan fingerprint density at radius 2 is 2.07 bits per heavy atom. The van der Waals surface area contributed by atoms with Crippen LogP contribution in [0.5, 0.6) is 0 Å². The van der Waals surface area contributed by atoms with Gasteiger partial charge in [0.2, 0.25) is 0 Å². The third-order valence-corrected chi connectivity index (χ3v) is 5.22. The average Bonchev–Trinajstić information content (AvgIpc) is 3.12. The molecule has 0 aromatic heterocycles. The summed E-state index contributed by atoms with van der Waals surface area (Å²) in [5.74, 6) is -1.94. The SMILES string of the molecule is CC(C#N)=C1CCN(c2ccc(N3C[C@H](CNC(=O)C(F)F)OC3=O)cc2F)CC1. The van der Waals surface area contributed by atoms with Gasteiger partial charge in [-0.15, -0.1) is 0 Å². The molecular formula is C20H21F3N4O3. The van der Waals surface area contributed by atoms with Gasteiger partial charge in [0.25, 0.3) is 5.91 Å². The highest BCUT2D eigenvalue weighted by atomic mass is 19.3. The molecule has 10 heteroatoms. The minimum atomic E-state index is -3.15. The molecule has 2 aliphatic rings. The highest BCUT2D eigenvalue weighted by Crippen LogP contribution is 2.30. The molecule has 1 aromatic rings. The summed E-state index contributed by atoms with van der Waals surface area (Å²) >= 11 is 0. The molecule has 0 saturated carbocycles. The molecule has 1 atom stereocenters. The number of anilines is 2. The zero-order chi connectivity index (χ0) is 21.8. The number of nitrogens with zero attached hydrogens (tertiary/aromatic N) is 3. The third kappa shape index (κ3) is 4.67. The van der Waals surface area contributed by atoms with Gasteiger partial charge in [-0.3, -0.25) is 9.69 Å².